The second kappa shape index (κ2) is 13.6. The molecule has 3 aliphatic rings. The van der Waals surface area contributed by atoms with Gasteiger partial charge in [-0.25, -0.2) is 0 Å². The summed E-state index contributed by atoms with van der Waals surface area (Å²) in [7, 11) is 0. The zero-order valence-electron chi connectivity index (χ0n) is 33.2. The molecule has 6 nitrogen and oxygen atoms in total. The van der Waals surface area contributed by atoms with Crippen LogP contribution in [0.3, 0.4) is 0 Å². The Morgan fingerprint density at radius 3 is 1.86 bits per heavy atom. The molecule has 0 atom stereocenters. The van der Waals surface area contributed by atoms with E-state index in [4.69, 9.17) is 9.97 Å². The summed E-state index contributed by atoms with van der Waals surface area (Å²) in [5, 5.41) is 4.96. The predicted molar refractivity (Wildman–Crippen MR) is 228 cm³/mol. The van der Waals surface area contributed by atoms with E-state index in [-0.39, 0.29) is 16.6 Å². The fraction of sp³-hybridized carbons (Fsp3) is 0.240. The number of aromatic nitrogens is 2. The number of rotatable bonds is 9. The van der Waals surface area contributed by atoms with E-state index in [0.717, 1.165) is 52.7 Å². The molecule has 0 amide bonds. The Morgan fingerprint density at radius 2 is 1.27 bits per heavy atom. The van der Waals surface area contributed by atoms with E-state index in [2.05, 4.69) is 153 Å². The number of ketones is 1. The topological polar surface area (TPSA) is 52.3 Å². The van der Waals surface area contributed by atoms with Gasteiger partial charge in [-0.2, -0.15) is 4.58 Å². The van der Waals surface area contributed by atoms with Crippen molar-refractivity contribution < 1.29 is 9.37 Å². The van der Waals surface area contributed by atoms with Gasteiger partial charge in [0.1, 0.15) is 6.54 Å². The number of carbonyl (C=O) groups is 1. The molecule has 4 heterocycles. The maximum absolute atomic E-state index is 15.1. The lowest BCUT2D eigenvalue weighted by molar-refractivity contribution is -0.433. The second-order valence-electron chi connectivity index (χ2n) is 16.2. The summed E-state index contributed by atoms with van der Waals surface area (Å²) in [4.78, 5) is 29.3. The van der Waals surface area contributed by atoms with E-state index in [1.54, 1.807) is 0 Å². The zero-order chi connectivity index (χ0) is 38.8. The number of hydrogen-bond acceptors (Lipinski definition) is 5. The van der Waals surface area contributed by atoms with Gasteiger partial charge in [-0.3, -0.25) is 14.8 Å². The van der Waals surface area contributed by atoms with Gasteiger partial charge in [-0.1, -0.05) is 80.6 Å². The van der Waals surface area contributed by atoms with Gasteiger partial charge in [-0.15, -0.1) is 0 Å². The van der Waals surface area contributed by atoms with Crippen molar-refractivity contribution in [3.8, 4) is 0 Å². The number of Topliss-reactive ketones (excluding diaryl/α,β-unsaturated/α-hetero) is 1. The molecule has 1 aliphatic carbocycles. The lowest BCUT2D eigenvalue weighted by atomic mass is 9.75. The van der Waals surface area contributed by atoms with Crippen molar-refractivity contribution >= 4 is 44.4 Å². The first kappa shape index (κ1) is 35.6. The van der Waals surface area contributed by atoms with Crippen molar-refractivity contribution in [3.05, 3.63) is 179 Å². The van der Waals surface area contributed by atoms with Crippen molar-refractivity contribution in [2.45, 2.75) is 65.5 Å². The van der Waals surface area contributed by atoms with Crippen molar-refractivity contribution in [2.24, 2.45) is 0 Å². The quantitative estimate of drug-likeness (QED) is 0.109. The Labute approximate surface area is 329 Å². The first-order valence-corrected chi connectivity index (χ1v) is 19.9. The monoisotopic (exact) mass is 734 g/mol. The average molecular weight is 735 g/mol. The van der Waals surface area contributed by atoms with Crippen LogP contribution in [-0.2, 0) is 28.7 Å². The Hall–Kier alpha value is -6.14. The minimum Gasteiger partial charge on any atom is -0.359 e. The number of likely N-dealkylation sites (N-methyl/N-ethyl adjacent to an activating group) is 1. The lowest BCUT2D eigenvalue weighted by Crippen LogP contribution is -2.38. The fourth-order valence-corrected chi connectivity index (χ4v) is 9.59. The van der Waals surface area contributed by atoms with Gasteiger partial charge in [0, 0.05) is 59.0 Å². The molecule has 0 bridgehead atoms. The third-order valence-electron chi connectivity index (χ3n) is 12.2. The number of anilines is 1. The Morgan fingerprint density at radius 1 is 0.679 bits per heavy atom. The van der Waals surface area contributed by atoms with Gasteiger partial charge in [-0.05, 0) is 97.3 Å². The summed E-state index contributed by atoms with van der Waals surface area (Å²) in [6, 6.07) is 38.3. The Kier molecular flexibility index (Phi) is 8.61. The highest BCUT2D eigenvalue weighted by Gasteiger charge is 2.48. The molecule has 0 saturated carbocycles. The van der Waals surface area contributed by atoms with Crippen LogP contribution >= 0.6 is 0 Å². The molecule has 4 aromatic carbocycles. The first-order chi connectivity index (χ1) is 27.1. The van der Waals surface area contributed by atoms with E-state index < -0.39 is 0 Å². The number of allylic oxidation sites excluding steroid dienone is 5. The van der Waals surface area contributed by atoms with Crippen molar-refractivity contribution in [3.63, 3.8) is 0 Å². The molecule has 0 fully saturated rings. The van der Waals surface area contributed by atoms with Gasteiger partial charge in [0.05, 0.1) is 41.2 Å². The van der Waals surface area contributed by atoms with E-state index in [0.29, 0.717) is 13.1 Å². The highest BCUT2D eigenvalue weighted by molar-refractivity contribution is 6.25. The van der Waals surface area contributed by atoms with Crippen LogP contribution in [0, 0.1) is 0 Å². The average Bonchev–Trinajstić information content (AvgIpc) is 3.58. The van der Waals surface area contributed by atoms with Gasteiger partial charge < -0.3 is 9.80 Å². The molecule has 2 aliphatic heterocycles. The summed E-state index contributed by atoms with van der Waals surface area (Å²) >= 11 is 0. The van der Waals surface area contributed by atoms with E-state index >= 15 is 4.79 Å². The van der Waals surface area contributed by atoms with Crippen molar-refractivity contribution in [1.29, 1.82) is 0 Å². The second-order valence-corrected chi connectivity index (χ2v) is 16.2. The molecule has 56 heavy (non-hydrogen) atoms. The Bertz CT molecular complexity index is 2640. The molecule has 0 unspecified atom stereocenters. The number of fused-ring (bicyclic) bond motifs is 6. The van der Waals surface area contributed by atoms with Gasteiger partial charge in [0.25, 0.3) is 0 Å². The van der Waals surface area contributed by atoms with Crippen LogP contribution in [0.5, 0.6) is 0 Å². The highest BCUT2D eigenvalue weighted by Crippen LogP contribution is 2.52. The molecule has 278 valence electrons. The van der Waals surface area contributed by atoms with Gasteiger partial charge in [0.15, 0.2) is 11.5 Å². The molecule has 0 radical (unpaired) electrons. The van der Waals surface area contributed by atoms with Gasteiger partial charge >= 0.3 is 0 Å². The summed E-state index contributed by atoms with van der Waals surface area (Å²) in [6.07, 6.45) is 8.07. The number of pyridine rings is 2. The SMILES string of the molecule is CCN1C(=CC2=C(N(Cc3ccccn3)Cc3ccccn3)C(=CC3=[N+](CC)c4ccc5ccccc5c4C3(C)C)C2=O)C(C)(C)c2c1ccc1ccccc21. The van der Waals surface area contributed by atoms with E-state index in [1.807, 2.05) is 36.7 Å². The molecule has 6 heteroatoms. The van der Waals surface area contributed by atoms with Crippen molar-refractivity contribution in [1.82, 2.24) is 14.9 Å². The summed E-state index contributed by atoms with van der Waals surface area (Å²) in [6.45, 7) is 16.2. The number of benzene rings is 4. The minimum atomic E-state index is -0.346. The Balaban J connectivity index is 1.26. The molecule has 0 saturated heterocycles. The van der Waals surface area contributed by atoms with Crippen LogP contribution in [0.1, 0.15) is 64.1 Å². The number of carbonyl (C=O) groups excluding carboxylic acids is 1. The van der Waals surface area contributed by atoms with Crippen LogP contribution in [-0.4, -0.2) is 44.0 Å². The van der Waals surface area contributed by atoms with Crippen molar-refractivity contribution in [2.75, 3.05) is 18.0 Å². The third-order valence-corrected chi connectivity index (χ3v) is 12.2. The summed E-state index contributed by atoms with van der Waals surface area (Å²) in [5.74, 6) is 0.0624. The number of nitrogens with zero attached hydrogens (tertiary/aromatic N) is 5. The molecule has 6 aromatic rings. The summed E-state index contributed by atoms with van der Waals surface area (Å²) in [5.41, 5.74) is 10.8. The van der Waals surface area contributed by atoms with Crippen LogP contribution in [0.15, 0.2) is 156 Å². The first-order valence-electron chi connectivity index (χ1n) is 19.9. The fourth-order valence-electron chi connectivity index (χ4n) is 9.59. The van der Waals surface area contributed by atoms with E-state index in [1.165, 1.54) is 44.0 Å². The highest BCUT2D eigenvalue weighted by atomic mass is 16.1. The van der Waals surface area contributed by atoms with Gasteiger partial charge in [0.2, 0.25) is 5.69 Å². The van der Waals surface area contributed by atoms with Crippen LogP contribution in [0.25, 0.3) is 21.5 Å². The van der Waals surface area contributed by atoms with Crippen LogP contribution < -0.4 is 4.90 Å². The predicted octanol–water partition coefficient (Wildman–Crippen LogP) is 10.3. The van der Waals surface area contributed by atoms with Crippen LogP contribution in [0.2, 0.25) is 0 Å². The largest absolute Gasteiger partial charge is 0.359 e. The van der Waals surface area contributed by atoms with Crippen LogP contribution in [0.4, 0.5) is 11.4 Å². The minimum absolute atomic E-state index is 0.0624. The zero-order valence-corrected chi connectivity index (χ0v) is 33.2. The maximum Gasteiger partial charge on any atom is 0.210 e. The summed E-state index contributed by atoms with van der Waals surface area (Å²) < 4.78 is 2.40. The third kappa shape index (κ3) is 5.53. The van der Waals surface area contributed by atoms with E-state index in [9.17, 15) is 0 Å². The maximum atomic E-state index is 15.1. The molecule has 0 spiro atoms. The molecule has 9 rings (SSSR count). The molecular formula is C50H48N5O+. The molecule has 2 aromatic heterocycles. The molecule has 0 N–H and O–H groups in total. The smallest absolute Gasteiger partial charge is 0.210 e. The molecular weight excluding hydrogens is 687 g/mol. The normalized spacial score (nSPS) is 18.3. The lowest BCUT2D eigenvalue weighted by Gasteiger charge is -2.36. The number of hydrogen-bond donors (Lipinski definition) is 0. The standard InChI is InChI=1S/C50H48N5O/c1-7-54-41-25-23-33-17-9-11-21-37(33)45(41)49(3,4)43(54)29-39-47(53(31-35-19-13-15-27-51-35)32-36-20-14-16-28-52-36)40(48(39)56)30-44-50(5,6)46-38-22-12-10-18-34(38)24-26-42(46)55(44)8-2/h9-30H,7-8,31-32H2,1-6H3/q+1.